The van der Waals surface area contributed by atoms with Crippen LogP contribution in [0.25, 0.3) is 0 Å². The van der Waals surface area contributed by atoms with Crippen molar-refractivity contribution in [2.75, 3.05) is 0 Å². The van der Waals surface area contributed by atoms with Gasteiger partial charge in [0.05, 0.1) is 0 Å². The van der Waals surface area contributed by atoms with Crippen molar-refractivity contribution in [3.8, 4) is 0 Å². The van der Waals surface area contributed by atoms with Crippen LogP contribution in [0.15, 0.2) is 5.38 Å². The molecule has 1 rings (SSSR count). The molecule has 0 aliphatic heterocycles. The molecule has 0 aromatic carbocycles. The lowest BCUT2D eigenvalue weighted by Gasteiger charge is -1.86. The lowest BCUT2D eigenvalue weighted by molar-refractivity contribution is 1.47. The third-order valence-electron chi connectivity index (χ3n) is 1.53. The van der Waals surface area contributed by atoms with Gasteiger partial charge in [-0.05, 0) is 24.8 Å². The van der Waals surface area contributed by atoms with Gasteiger partial charge in [0.15, 0.2) is 0 Å². The van der Waals surface area contributed by atoms with E-state index in [9.17, 15) is 0 Å². The van der Waals surface area contributed by atoms with Crippen LogP contribution in [-0.4, -0.2) is 7.85 Å². The fourth-order valence-electron chi connectivity index (χ4n) is 0.631. The molecule has 0 saturated carbocycles. The Hall–Kier alpha value is -0.235. The molecule has 1 aromatic rings. The molecule has 1 heterocycles. The summed E-state index contributed by atoms with van der Waals surface area (Å²) in [6.07, 6.45) is 0. The van der Waals surface area contributed by atoms with Crippen LogP contribution in [0.4, 0.5) is 0 Å². The summed E-state index contributed by atoms with van der Waals surface area (Å²) in [5.41, 5.74) is 2.88. The van der Waals surface area contributed by atoms with Crippen molar-refractivity contribution >= 4 is 24.6 Å². The van der Waals surface area contributed by atoms with Crippen molar-refractivity contribution in [2.24, 2.45) is 0 Å². The van der Waals surface area contributed by atoms with E-state index < -0.39 is 0 Å². The van der Waals surface area contributed by atoms with Crippen molar-refractivity contribution < 1.29 is 0 Å². The van der Waals surface area contributed by atoms with Gasteiger partial charge in [0, 0.05) is 4.88 Å². The van der Waals surface area contributed by atoms with E-state index in [1.54, 1.807) is 0 Å². The normalized spacial score (nSPS) is 9.75. The summed E-state index contributed by atoms with van der Waals surface area (Å²) < 4.78 is 0. The Morgan fingerprint density at radius 2 is 2.12 bits per heavy atom. The fraction of sp³-hybridized carbons (Fsp3) is 0.333. The Labute approximate surface area is 55.0 Å². The molecule has 0 atom stereocenters. The van der Waals surface area contributed by atoms with E-state index in [1.807, 2.05) is 11.3 Å². The molecular weight excluding hydrogens is 115 g/mol. The van der Waals surface area contributed by atoms with Crippen LogP contribution in [0.1, 0.15) is 10.4 Å². The molecular formula is C6H9BS. The molecule has 0 amide bonds. The molecule has 0 bridgehead atoms. The maximum atomic E-state index is 2.20. The van der Waals surface area contributed by atoms with Gasteiger partial charge >= 0.3 is 0 Å². The zero-order valence-electron chi connectivity index (χ0n) is 5.49. The fourth-order valence-corrected chi connectivity index (χ4v) is 1.50. The Morgan fingerprint density at radius 1 is 1.50 bits per heavy atom. The molecule has 0 saturated heterocycles. The minimum absolute atomic E-state index is 1.42. The average Bonchev–Trinajstić information content (AvgIpc) is 1.98. The molecule has 1 aromatic heterocycles. The number of hydrogen-bond donors (Lipinski definition) is 0. The molecule has 0 nitrogen and oxygen atoms in total. The zero-order valence-corrected chi connectivity index (χ0v) is 6.30. The van der Waals surface area contributed by atoms with Gasteiger partial charge in [0.25, 0.3) is 0 Å². The lowest BCUT2D eigenvalue weighted by Crippen LogP contribution is -2.00. The highest BCUT2D eigenvalue weighted by atomic mass is 32.1. The van der Waals surface area contributed by atoms with Gasteiger partial charge in [0.1, 0.15) is 7.85 Å². The van der Waals surface area contributed by atoms with Gasteiger partial charge in [0.2, 0.25) is 0 Å². The van der Waals surface area contributed by atoms with E-state index in [2.05, 4.69) is 27.1 Å². The Balaban J connectivity index is 3.19. The molecule has 0 aliphatic carbocycles. The molecule has 8 heavy (non-hydrogen) atoms. The molecule has 0 N–H and O–H groups in total. The Bertz CT molecular complexity index is 171. The quantitative estimate of drug-likeness (QED) is 0.445. The maximum Gasteiger partial charge on any atom is 0.140 e. The molecule has 42 valence electrons. The van der Waals surface area contributed by atoms with E-state index in [0.29, 0.717) is 0 Å². The summed E-state index contributed by atoms with van der Waals surface area (Å²) in [6, 6.07) is 0. The number of rotatable bonds is 0. The summed E-state index contributed by atoms with van der Waals surface area (Å²) in [4.78, 5) is 1.45. The summed E-state index contributed by atoms with van der Waals surface area (Å²) >= 11 is 1.83. The summed E-state index contributed by atoms with van der Waals surface area (Å²) in [5.74, 6) is 0. The number of thiophene rings is 1. The van der Waals surface area contributed by atoms with Crippen LogP contribution < -0.4 is 5.46 Å². The monoisotopic (exact) mass is 124 g/mol. The van der Waals surface area contributed by atoms with Crippen LogP contribution in [0.3, 0.4) is 0 Å². The van der Waals surface area contributed by atoms with E-state index in [-0.39, 0.29) is 0 Å². The van der Waals surface area contributed by atoms with Gasteiger partial charge in [-0.1, -0.05) is 5.46 Å². The number of aryl methyl sites for hydroxylation is 1. The zero-order chi connectivity index (χ0) is 6.15. The van der Waals surface area contributed by atoms with Gasteiger partial charge in [-0.25, -0.2) is 0 Å². The van der Waals surface area contributed by atoms with Crippen LogP contribution in [0.5, 0.6) is 0 Å². The lowest BCUT2D eigenvalue weighted by atomic mass is 9.95. The van der Waals surface area contributed by atoms with Gasteiger partial charge < -0.3 is 0 Å². The third-order valence-corrected chi connectivity index (χ3v) is 2.66. The van der Waals surface area contributed by atoms with Crippen molar-refractivity contribution in [2.45, 2.75) is 13.8 Å². The van der Waals surface area contributed by atoms with Crippen LogP contribution in [0.2, 0.25) is 0 Å². The second kappa shape index (κ2) is 1.94. The highest BCUT2D eigenvalue weighted by Gasteiger charge is 1.95. The van der Waals surface area contributed by atoms with Gasteiger partial charge in [-0.2, -0.15) is 0 Å². The minimum Gasteiger partial charge on any atom is -0.150 e. The molecule has 0 spiro atoms. The summed E-state index contributed by atoms with van der Waals surface area (Å²) in [5, 5.41) is 2.20. The largest absolute Gasteiger partial charge is 0.150 e. The highest BCUT2D eigenvalue weighted by molar-refractivity contribution is 7.11. The number of hydrogen-bond acceptors (Lipinski definition) is 1. The topological polar surface area (TPSA) is 0 Å². The molecule has 0 radical (unpaired) electrons. The van der Waals surface area contributed by atoms with Gasteiger partial charge in [-0.3, -0.25) is 0 Å². The predicted molar refractivity (Wildman–Crippen MR) is 42.0 cm³/mol. The molecule has 0 unspecified atom stereocenters. The van der Waals surface area contributed by atoms with Crippen molar-refractivity contribution in [1.29, 1.82) is 0 Å². The third kappa shape index (κ3) is 0.803. The van der Waals surface area contributed by atoms with Crippen molar-refractivity contribution in [3.05, 3.63) is 15.8 Å². The molecule has 0 aliphatic rings. The first kappa shape index (κ1) is 5.89. The summed E-state index contributed by atoms with van der Waals surface area (Å²) in [6.45, 7) is 4.33. The molecule has 2 heteroatoms. The maximum absolute atomic E-state index is 2.20. The first-order valence-corrected chi connectivity index (χ1v) is 3.61. The SMILES string of the molecule is Bc1csc(C)c1C. The Kier molecular flexibility index (Phi) is 1.43. The first-order valence-electron chi connectivity index (χ1n) is 2.73. The predicted octanol–water partition coefficient (Wildman–Crippen LogP) is 0.623. The van der Waals surface area contributed by atoms with E-state index in [1.165, 1.54) is 15.9 Å². The standard InChI is InChI=1S/C6H9BS/c1-4-5(2)8-3-6(4)7/h3H,7H2,1-2H3. The smallest absolute Gasteiger partial charge is 0.140 e. The summed E-state index contributed by atoms with van der Waals surface area (Å²) in [7, 11) is 2.15. The average molecular weight is 124 g/mol. The van der Waals surface area contributed by atoms with Crippen LogP contribution in [0, 0.1) is 13.8 Å². The Morgan fingerprint density at radius 3 is 2.25 bits per heavy atom. The van der Waals surface area contributed by atoms with E-state index in [4.69, 9.17) is 0 Å². The minimum atomic E-state index is 1.42. The van der Waals surface area contributed by atoms with Crippen LogP contribution in [-0.2, 0) is 0 Å². The van der Waals surface area contributed by atoms with E-state index >= 15 is 0 Å². The van der Waals surface area contributed by atoms with Crippen molar-refractivity contribution in [3.63, 3.8) is 0 Å². The highest BCUT2D eigenvalue weighted by Crippen LogP contribution is 2.09. The van der Waals surface area contributed by atoms with Crippen molar-refractivity contribution in [1.82, 2.24) is 0 Å². The first-order chi connectivity index (χ1) is 3.72. The second-order valence-electron chi connectivity index (χ2n) is 2.10. The second-order valence-corrected chi connectivity index (χ2v) is 3.18. The molecule has 0 fully saturated rings. The van der Waals surface area contributed by atoms with Gasteiger partial charge in [-0.15, -0.1) is 11.3 Å². The van der Waals surface area contributed by atoms with E-state index in [0.717, 1.165) is 0 Å². The van der Waals surface area contributed by atoms with Crippen LogP contribution >= 0.6 is 11.3 Å².